The van der Waals surface area contributed by atoms with E-state index in [2.05, 4.69) is 13.0 Å². The number of rotatable bonds is 3. The van der Waals surface area contributed by atoms with Crippen LogP contribution in [0.3, 0.4) is 0 Å². The first-order valence-electron chi connectivity index (χ1n) is 6.32. The lowest BCUT2D eigenvalue weighted by molar-refractivity contribution is -0.149. The van der Waals surface area contributed by atoms with Crippen LogP contribution in [0.1, 0.15) is 36.8 Å². The molecule has 0 N–H and O–H groups in total. The molecule has 0 saturated heterocycles. The third kappa shape index (κ3) is 1.98. The van der Waals surface area contributed by atoms with E-state index in [1.807, 2.05) is 18.2 Å². The van der Waals surface area contributed by atoms with E-state index in [0.717, 1.165) is 12.0 Å². The van der Waals surface area contributed by atoms with Crippen molar-refractivity contribution in [3.63, 3.8) is 0 Å². The molecular weight excluding hydrogens is 228 g/mol. The average molecular weight is 248 g/mol. The summed E-state index contributed by atoms with van der Waals surface area (Å²) in [5.41, 5.74) is 1.22. The Labute approximate surface area is 108 Å². The minimum atomic E-state index is -0.934. The number of Topliss-reactive ketones (excluding diaryl/α,β-unsaturated/α-hetero) is 1. The lowest BCUT2D eigenvalue weighted by Gasteiger charge is -2.31. The molecule has 98 valence electrons. The lowest BCUT2D eigenvalue weighted by atomic mass is 9.86. The molecule has 0 heterocycles. The van der Waals surface area contributed by atoms with E-state index in [4.69, 9.17) is 9.47 Å². The first-order valence-corrected chi connectivity index (χ1v) is 6.32. The van der Waals surface area contributed by atoms with Gasteiger partial charge in [-0.15, -0.1) is 0 Å². The van der Waals surface area contributed by atoms with Crippen LogP contribution in [0, 0.1) is 0 Å². The van der Waals surface area contributed by atoms with Crippen molar-refractivity contribution in [1.82, 2.24) is 0 Å². The maximum absolute atomic E-state index is 12.5. The lowest BCUT2D eigenvalue weighted by Crippen LogP contribution is -2.42. The van der Waals surface area contributed by atoms with Gasteiger partial charge in [-0.3, -0.25) is 4.79 Å². The minimum Gasteiger partial charge on any atom is -0.381 e. The number of carbonyl (C=O) groups excluding carboxylic acids is 1. The fraction of sp³-hybridized carbons (Fsp3) is 0.533. The highest BCUT2D eigenvalue weighted by Crippen LogP contribution is 2.39. The number of hydrogen-bond donors (Lipinski definition) is 0. The number of ketones is 1. The summed E-state index contributed by atoms with van der Waals surface area (Å²) in [4.78, 5) is 12.5. The molecule has 0 spiro atoms. The molecule has 0 aliphatic heterocycles. The van der Waals surface area contributed by atoms with Gasteiger partial charge in [0.1, 0.15) is 0 Å². The van der Waals surface area contributed by atoms with Crippen molar-refractivity contribution in [2.24, 2.45) is 0 Å². The molecule has 1 aromatic rings. The van der Waals surface area contributed by atoms with Crippen molar-refractivity contribution in [2.75, 3.05) is 20.8 Å². The first kappa shape index (κ1) is 13.2. The minimum absolute atomic E-state index is 0.114. The van der Waals surface area contributed by atoms with Crippen LogP contribution in [0.5, 0.6) is 0 Å². The summed E-state index contributed by atoms with van der Waals surface area (Å²) in [7, 11) is 3.19. The Hall–Kier alpha value is -1.19. The topological polar surface area (TPSA) is 35.5 Å². The van der Waals surface area contributed by atoms with Gasteiger partial charge in [0.05, 0.1) is 6.61 Å². The Balaban J connectivity index is 2.61. The fourth-order valence-corrected chi connectivity index (χ4v) is 2.79. The summed E-state index contributed by atoms with van der Waals surface area (Å²) in [6.45, 7) is 2.43. The quantitative estimate of drug-likeness (QED) is 0.771. The van der Waals surface area contributed by atoms with E-state index in [0.29, 0.717) is 12.3 Å². The fourth-order valence-electron chi connectivity index (χ4n) is 2.79. The van der Waals surface area contributed by atoms with Crippen molar-refractivity contribution in [2.45, 2.75) is 31.3 Å². The molecule has 0 amide bonds. The summed E-state index contributed by atoms with van der Waals surface area (Å²) < 4.78 is 10.9. The normalized spacial score (nSPS) is 27.7. The summed E-state index contributed by atoms with van der Waals surface area (Å²) in [6, 6.07) is 8.03. The zero-order valence-corrected chi connectivity index (χ0v) is 11.2. The first-order chi connectivity index (χ1) is 8.65. The molecule has 18 heavy (non-hydrogen) atoms. The highest BCUT2D eigenvalue weighted by molar-refractivity contribution is 5.90. The third-order valence-electron chi connectivity index (χ3n) is 3.88. The van der Waals surface area contributed by atoms with Gasteiger partial charge in [0.25, 0.3) is 0 Å². The van der Waals surface area contributed by atoms with Crippen LogP contribution in [-0.4, -0.2) is 26.6 Å². The number of fused-ring (bicyclic) bond motifs is 1. The smallest absolute Gasteiger partial charge is 0.174 e. The Morgan fingerprint density at radius 2 is 2.06 bits per heavy atom. The van der Waals surface area contributed by atoms with Crippen LogP contribution < -0.4 is 0 Å². The second-order valence-electron chi connectivity index (χ2n) is 4.91. The molecule has 3 heteroatoms. The van der Waals surface area contributed by atoms with E-state index in [9.17, 15) is 4.79 Å². The Morgan fingerprint density at radius 1 is 1.33 bits per heavy atom. The zero-order valence-electron chi connectivity index (χ0n) is 11.2. The summed E-state index contributed by atoms with van der Waals surface area (Å²) in [6.07, 6.45) is 1.40. The third-order valence-corrected chi connectivity index (χ3v) is 3.88. The molecule has 1 aliphatic carbocycles. The van der Waals surface area contributed by atoms with Crippen LogP contribution in [0.2, 0.25) is 0 Å². The van der Waals surface area contributed by atoms with E-state index in [1.54, 1.807) is 14.2 Å². The second-order valence-corrected chi connectivity index (χ2v) is 4.91. The molecule has 0 radical (unpaired) electrons. The molecule has 0 saturated carbocycles. The predicted molar refractivity (Wildman–Crippen MR) is 69.7 cm³/mol. The van der Waals surface area contributed by atoms with E-state index >= 15 is 0 Å². The van der Waals surface area contributed by atoms with Gasteiger partial charge in [0.15, 0.2) is 11.4 Å². The van der Waals surface area contributed by atoms with Crippen LogP contribution in [-0.2, 0) is 19.9 Å². The van der Waals surface area contributed by atoms with Crippen molar-refractivity contribution < 1.29 is 14.3 Å². The van der Waals surface area contributed by atoms with Gasteiger partial charge in [0.2, 0.25) is 0 Å². The van der Waals surface area contributed by atoms with Gasteiger partial charge in [-0.1, -0.05) is 31.2 Å². The van der Waals surface area contributed by atoms with Gasteiger partial charge in [0, 0.05) is 20.6 Å². The number of ether oxygens (including phenoxy) is 2. The van der Waals surface area contributed by atoms with E-state index in [1.165, 1.54) is 5.56 Å². The maximum Gasteiger partial charge on any atom is 0.174 e. The largest absolute Gasteiger partial charge is 0.381 e. The molecular formula is C15H20O3. The highest BCUT2D eigenvalue weighted by atomic mass is 16.5. The molecule has 2 rings (SSSR count). The van der Waals surface area contributed by atoms with Gasteiger partial charge < -0.3 is 9.47 Å². The van der Waals surface area contributed by atoms with Crippen LogP contribution in [0.25, 0.3) is 0 Å². The Morgan fingerprint density at radius 3 is 2.72 bits per heavy atom. The van der Waals surface area contributed by atoms with Gasteiger partial charge in [-0.2, -0.15) is 0 Å². The van der Waals surface area contributed by atoms with Crippen LogP contribution in [0.4, 0.5) is 0 Å². The number of methoxy groups -OCH3 is 2. The zero-order chi connectivity index (χ0) is 13.2. The van der Waals surface area contributed by atoms with Gasteiger partial charge >= 0.3 is 0 Å². The molecule has 0 aromatic heterocycles. The number of hydrogen-bond acceptors (Lipinski definition) is 3. The van der Waals surface area contributed by atoms with E-state index in [-0.39, 0.29) is 12.4 Å². The molecule has 0 fully saturated rings. The molecule has 0 unspecified atom stereocenters. The molecule has 1 aromatic carbocycles. The van der Waals surface area contributed by atoms with Gasteiger partial charge in [-0.05, 0) is 23.5 Å². The SMILES string of the molecule is COC[C@@]1(OC)C(=O)CC[C@@H](C)c2ccccc21. The molecule has 0 bridgehead atoms. The Bertz CT molecular complexity index is 441. The predicted octanol–water partition coefficient (Wildman–Crippen LogP) is 2.64. The highest BCUT2D eigenvalue weighted by Gasteiger charge is 2.43. The van der Waals surface area contributed by atoms with Crippen LogP contribution >= 0.6 is 0 Å². The molecule has 3 nitrogen and oxygen atoms in total. The number of benzene rings is 1. The second kappa shape index (κ2) is 5.21. The molecule has 1 aliphatic rings. The van der Waals surface area contributed by atoms with Crippen LogP contribution in [0.15, 0.2) is 24.3 Å². The summed E-state index contributed by atoms with van der Waals surface area (Å²) in [5.74, 6) is 0.489. The van der Waals surface area contributed by atoms with Crippen molar-refractivity contribution in [3.05, 3.63) is 35.4 Å². The molecule has 2 atom stereocenters. The summed E-state index contributed by atoms with van der Waals surface area (Å²) in [5, 5.41) is 0. The van der Waals surface area contributed by atoms with Crippen molar-refractivity contribution >= 4 is 5.78 Å². The van der Waals surface area contributed by atoms with Gasteiger partial charge in [-0.25, -0.2) is 0 Å². The van der Waals surface area contributed by atoms with E-state index < -0.39 is 5.60 Å². The summed E-state index contributed by atoms with van der Waals surface area (Å²) >= 11 is 0. The van der Waals surface area contributed by atoms with Crippen molar-refractivity contribution in [3.8, 4) is 0 Å². The maximum atomic E-state index is 12.5. The monoisotopic (exact) mass is 248 g/mol. The average Bonchev–Trinajstić information content (AvgIpc) is 2.50. The standard InChI is InChI=1S/C15H20O3/c1-11-8-9-14(16)15(18-3,10-17-2)13-7-5-4-6-12(11)13/h4-7,11H,8-10H2,1-3H3/t11-,15+/m1/s1. The van der Waals surface area contributed by atoms with Crippen molar-refractivity contribution in [1.29, 1.82) is 0 Å². The Kier molecular flexibility index (Phi) is 3.83. The number of carbonyl (C=O) groups is 1.